The number of allylic oxidation sites excluding steroid dienone is 1. The van der Waals surface area contributed by atoms with E-state index in [2.05, 4.69) is 113 Å². The molecule has 1 aliphatic rings. The zero-order valence-corrected chi connectivity index (χ0v) is 23.5. The highest BCUT2D eigenvalue weighted by molar-refractivity contribution is 5.67. The largest absolute Gasteiger partial charge is 0.481 e. The maximum Gasteiger partial charge on any atom is 0.305 e. The highest BCUT2D eigenvalue weighted by atomic mass is 16.4. The fraction of sp³-hybridized carbons (Fsp3) is 0.400. The molecular weight excluding hydrogens is 484 g/mol. The Balaban J connectivity index is 1.80. The number of carboxylic acid groups (broad SMARTS) is 1. The van der Waals surface area contributed by atoms with Gasteiger partial charge in [-0.3, -0.25) is 4.79 Å². The normalized spacial score (nSPS) is 21.9. The van der Waals surface area contributed by atoms with Gasteiger partial charge in [0.2, 0.25) is 0 Å². The molecular formula is C35H42O4. The third-order valence-corrected chi connectivity index (χ3v) is 8.45. The van der Waals surface area contributed by atoms with Gasteiger partial charge in [0.25, 0.3) is 0 Å². The molecule has 0 aliphatic heterocycles. The van der Waals surface area contributed by atoms with Crippen LogP contribution in [0.2, 0.25) is 0 Å². The summed E-state index contributed by atoms with van der Waals surface area (Å²) in [5.74, 6) is -0.759. The summed E-state index contributed by atoms with van der Waals surface area (Å²) in [5, 5.41) is 29.7. The molecule has 0 heterocycles. The van der Waals surface area contributed by atoms with Crippen LogP contribution in [0.25, 0.3) is 0 Å². The molecule has 206 valence electrons. The van der Waals surface area contributed by atoms with E-state index in [1.165, 1.54) is 27.8 Å². The van der Waals surface area contributed by atoms with E-state index < -0.39 is 18.2 Å². The standard InChI is InChI=1S/C35H42O4/c1-24-17-25(2)19-26(18-24)31-22-35(27-11-7-5-8-12-27,28-13-9-6-10-14-28)23-34(3,4)32(31)16-15-29(36)20-30(37)21-33(38)39/h5-19,29-32,36-37H,20-23H2,1-4H3,(H,38,39)/b16-15+/t29?,30?,31-,32+/m1/s1. The maximum atomic E-state index is 11.0. The van der Waals surface area contributed by atoms with Crippen molar-refractivity contribution in [2.24, 2.45) is 11.3 Å². The summed E-state index contributed by atoms with van der Waals surface area (Å²) in [6.45, 7) is 8.93. The smallest absolute Gasteiger partial charge is 0.305 e. The van der Waals surface area contributed by atoms with E-state index in [-0.39, 0.29) is 35.5 Å². The summed E-state index contributed by atoms with van der Waals surface area (Å²) >= 11 is 0. The lowest BCUT2D eigenvalue weighted by Gasteiger charge is -2.53. The summed E-state index contributed by atoms with van der Waals surface area (Å²) in [6, 6.07) is 28.5. The fourth-order valence-electron chi connectivity index (χ4n) is 6.97. The Hall–Kier alpha value is -3.21. The van der Waals surface area contributed by atoms with Gasteiger partial charge in [-0.25, -0.2) is 0 Å². The second-order valence-corrected chi connectivity index (χ2v) is 12.2. The Morgan fingerprint density at radius 3 is 1.97 bits per heavy atom. The number of carboxylic acids is 1. The van der Waals surface area contributed by atoms with Crippen LogP contribution < -0.4 is 0 Å². The topological polar surface area (TPSA) is 77.8 Å². The number of hydrogen-bond acceptors (Lipinski definition) is 3. The third-order valence-electron chi connectivity index (χ3n) is 8.45. The molecule has 0 spiro atoms. The molecule has 4 nitrogen and oxygen atoms in total. The summed E-state index contributed by atoms with van der Waals surface area (Å²) in [5.41, 5.74) is 6.08. The molecule has 0 amide bonds. The predicted octanol–water partition coefficient (Wildman–Crippen LogP) is 6.95. The number of hydrogen-bond donors (Lipinski definition) is 3. The second kappa shape index (κ2) is 11.9. The van der Waals surface area contributed by atoms with E-state index in [9.17, 15) is 15.0 Å². The average molecular weight is 527 g/mol. The van der Waals surface area contributed by atoms with Crippen LogP contribution in [0.5, 0.6) is 0 Å². The van der Waals surface area contributed by atoms with Crippen molar-refractivity contribution in [1.29, 1.82) is 0 Å². The van der Waals surface area contributed by atoms with Gasteiger partial charge in [0, 0.05) is 11.8 Å². The molecule has 4 atom stereocenters. The molecule has 3 N–H and O–H groups in total. The van der Waals surface area contributed by atoms with Gasteiger partial charge >= 0.3 is 5.97 Å². The van der Waals surface area contributed by atoms with Crippen LogP contribution in [0, 0.1) is 25.2 Å². The Bertz CT molecular complexity index is 1220. The molecule has 2 unspecified atom stereocenters. The first-order chi connectivity index (χ1) is 18.5. The van der Waals surface area contributed by atoms with Crippen molar-refractivity contribution < 1.29 is 20.1 Å². The Kier molecular flexibility index (Phi) is 8.78. The molecule has 4 heteroatoms. The highest BCUT2D eigenvalue weighted by Gasteiger charge is 2.51. The van der Waals surface area contributed by atoms with E-state index in [0.29, 0.717) is 0 Å². The summed E-state index contributed by atoms with van der Waals surface area (Å²) in [4.78, 5) is 11.0. The van der Waals surface area contributed by atoms with Crippen molar-refractivity contribution in [1.82, 2.24) is 0 Å². The zero-order valence-electron chi connectivity index (χ0n) is 23.5. The lowest BCUT2D eigenvalue weighted by atomic mass is 9.50. The van der Waals surface area contributed by atoms with E-state index in [4.69, 9.17) is 5.11 Å². The molecule has 1 aliphatic carbocycles. The van der Waals surface area contributed by atoms with Gasteiger partial charge in [0.1, 0.15) is 0 Å². The zero-order chi connectivity index (χ0) is 28.2. The molecule has 1 fully saturated rings. The number of aliphatic hydroxyl groups is 2. The Morgan fingerprint density at radius 2 is 1.46 bits per heavy atom. The number of aliphatic carboxylic acids is 1. The molecule has 0 bridgehead atoms. The predicted molar refractivity (Wildman–Crippen MR) is 157 cm³/mol. The minimum absolute atomic E-state index is 0.00212. The van der Waals surface area contributed by atoms with Gasteiger partial charge in [0.05, 0.1) is 18.6 Å². The van der Waals surface area contributed by atoms with E-state index in [1.807, 2.05) is 0 Å². The molecule has 4 rings (SSSR count). The number of rotatable bonds is 9. The van der Waals surface area contributed by atoms with Crippen LogP contribution >= 0.6 is 0 Å². The van der Waals surface area contributed by atoms with E-state index >= 15 is 0 Å². The minimum atomic E-state index is -1.08. The lowest BCUT2D eigenvalue weighted by Crippen LogP contribution is -2.46. The van der Waals surface area contributed by atoms with Gasteiger partial charge in [-0.05, 0) is 60.6 Å². The highest BCUT2D eigenvalue weighted by Crippen LogP contribution is 2.59. The first kappa shape index (κ1) is 28.8. The number of aliphatic hydroxyl groups excluding tert-OH is 2. The van der Waals surface area contributed by atoms with Crippen molar-refractivity contribution in [2.45, 2.75) is 76.9 Å². The SMILES string of the molecule is Cc1cc(C)cc([C@H]2CC(c3ccccc3)(c3ccccc3)CC(C)(C)[C@H]2/C=C/C(O)CC(O)CC(=O)O)c1. The van der Waals surface area contributed by atoms with Gasteiger partial charge < -0.3 is 15.3 Å². The second-order valence-electron chi connectivity index (χ2n) is 12.2. The van der Waals surface area contributed by atoms with Gasteiger partial charge in [-0.15, -0.1) is 0 Å². The Labute approximate surface area is 233 Å². The summed E-state index contributed by atoms with van der Waals surface area (Å²) < 4.78 is 0. The fourth-order valence-corrected chi connectivity index (χ4v) is 6.97. The van der Waals surface area contributed by atoms with Gasteiger partial charge in [0.15, 0.2) is 0 Å². The Morgan fingerprint density at radius 1 is 0.923 bits per heavy atom. The summed E-state index contributed by atoms with van der Waals surface area (Å²) in [6.07, 6.45) is 3.38. The quantitative estimate of drug-likeness (QED) is 0.264. The van der Waals surface area contributed by atoms with Crippen molar-refractivity contribution in [3.63, 3.8) is 0 Å². The van der Waals surface area contributed by atoms with Crippen LogP contribution in [0.15, 0.2) is 91.0 Å². The average Bonchev–Trinajstić information content (AvgIpc) is 2.87. The monoisotopic (exact) mass is 526 g/mol. The number of carbonyl (C=O) groups is 1. The van der Waals surface area contributed by atoms with E-state index in [1.54, 1.807) is 6.08 Å². The molecule has 0 radical (unpaired) electrons. The third kappa shape index (κ3) is 6.69. The van der Waals surface area contributed by atoms with Gasteiger partial charge in [-0.1, -0.05) is 116 Å². The molecule has 39 heavy (non-hydrogen) atoms. The molecule has 0 saturated heterocycles. The van der Waals surface area contributed by atoms with Crippen molar-refractivity contribution in [2.75, 3.05) is 0 Å². The number of benzene rings is 3. The number of aryl methyl sites for hydroxylation is 2. The van der Waals surface area contributed by atoms with Gasteiger partial charge in [-0.2, -0.15) is 0 Å². The van der Waals surface area contributed by atoms with E-state index in [0.717, 1.165) is 12.8 Å². The maximum absolute atomic E-state index is 11.0. The first-order valence-electron chi connectivity index (χ1n) is 14.0. The van der Waals surface area contributed by atoms with Crippen LogP contribution in [0.4, 0.5) is 0 Å². The van der Waals surface area contributed by atoms with Crippen molar-refractivity contribution in [3.8, 4) is 0 Å². The van der Waals surface area contributed by atoms with Crippen LogP contribution in [-0.4, -0.2) is 33.5 Å². The van der Waals surface area contributed by atoms with Crippen LogP contribution in [0.3, 0.4) is 0 Å². The molecule has 1 saturated carbocycles. The van der Waals surface area contributed by atoms with Crippen LogP contribution in [-0.2, 0) is 10.2 Å². The van der Waals surface area contributed by atoms with Crippen molar-refractivity contribution in [3.05, 3.63) is 119 Å². The minimum Gasteiger partial charge on any atom is -0.481 e. The first-order valence-corrected chi connectivity index (χ1v) is 14.0. The summed E-state index contributed by atoms with van der Waals surface area (Å²) in [7, 11) is 0. The van der Waals surface area contributed by atoms with Crippen molar-refractivity contribution >= 4 is 5.97 Å². The lowest BCUT2D eigenvalue weighted by molar-refractivity contribution is -0.139. The molecule has 3 aromatic carbocycles. The molecule has 0 aromatic heterocycles. The van der Waals surface area contributed by atoms with Crippen LogP contribution in [0.1, 0.15) is 73.3 Å². The molecule has 3 aromatic rings.